The van der Waals surface area contributed by atoms with E-state index in [0.717, 1.165) is 11.3 Å². The minimum absolute atomic E-state index is 0.332. The highest BCUT2D eigenvalue weighted by atomic mass is 32.1. The van der Waals surface area contributed by atoms with Crippen LogP contribution in [0.15, 0.2) is 35.5 Å². The molecule has 0 saturated carbocycles. The van der Waals surface area contributed by atoms with Crippen LogP contribution in [0.1, 0.15) is 25.5 Å². The molecule has 0 aliphatic carbocycles. The summed E-state index contributed by atoms with van der Waals surface area (Å²) >= 11 is 5.17. The first-order valence-corrected chi connectivity index (χ1v) is 7.07. The second kappa shape index (κ2) is 6.58. The molecule has 21 heavy (non-hydrogen) atoms. The van der Waals surface area contributed by atoms with Gasteiger partial charge in [-0.25, -0.2) is 4.79 Å². The first kappa shape index (κ1) is 15.3. The fraction of sp³-hybridized carbons (Fsp3) is 0.333. The van der Waals surface area contributed by atoms with Crippen molar-refractivity contribution >= 4 is 23.3 Å². The Hall–Kier alpha value is -2.08. The summed E-state index contributed by atoms with van der Waals surface area (Å²) in [5.41, 5.74) is 2.14. The molecule has 0 saturated heterocycles. The van der Waals surface area contributed by atoms with E-state index in [2.05, 4.69) is 10.6 Å². The number of esters is 1. The predicted octanol–water partition coefficient (Wildman–Crippen LogP) is 2.05. The molecule has 1 aliphatic heterocycles. The minimum atomic E-state index is -0.381. The summed E-state index contributed by atoms with van der Waals surface area (Å²) in [6.45, 7) is 4.35. The van der Waals surface area contributed by atoms with Gasteiger partial charge < -0.3 is 20.1 Å². The number of methoxy groups -OCH3 is 1. The molecule has 2 rings (SSSR count). The van der Waals surface area contributed by atoms with Crippen molar-refractivity contribution in [2.75, 3.05) is 13.7 Å². The van der Waals surface area contributed by atoms with E-state index in [1.54, 1.807) is 6.92 Å². The molecule has 1 atom stereocenters. The van der Waals surface area contributed by atoms with Gasteiger partial charge in [0.05, 0.1) is 25.3 Å². The standard InChI is InChI=1S/C15H18N2O3S/c1-4-20-11-7-5-10(6-8-11)13-12(14(18)19-3)9(2)16-15(21)17-13/h5-8,13H,4H2,1-3H3,(H2,16,17,21)/t13-/m1/s1. The molecular weight excluding hydrogens is 288 g/mol. The van der Waals surface area contributed by atoms with Crippen molar-refractivity contribution in [3.05, 3.63) is 41.1 Å². The van der Waals surface area contributed by atoms with Gasteiger partial charge in [0.15, 0.2) is 5.11 Å². The number of benzene rings is 1. The van der Waals surface area contributed by atoms with Gasteiger partial charge in [-0.05, 0) is 43.8 Å². The molecule has 5 nitrogen and oxygen atoms in total. The Morgan fingerprint density at radius 1 is 1.33 bits per heavy atom. The molecule has 112 valence electrons. The number of hydrogen-bond acceptors (Lipinski definition) is 4. The number of rotatable bonds is 4. The van der Waals surface area contributed by atoms with Gasteiger partial charge in [0.1, 0.15) is 5.75 Å². The molecule has 1 aromatic rings. The Kier molecular flexibility index (Phi) is 4.80. The van der Waals surface area contributed by atoms with Gasteiger partial charge in [-0.3, -0.25) is 0 Å². The highest BCUT2D eigenvalue weighted by Crippen LogP contribution is 2.28. The van der Waals surface area contributed by atoms with Crippen LogP contribution in [-0.2, 0) is 9.53 Å². The van der Waals surface area contributed by atoms with E-state index in [1.165, 1.54) is 7.11 Å². The molecular formula is C15H18N2O3S. The number of carbonyl (C=O) groups excluding carboxylic acids is 1. The zero-order valence-corrected chi connectivity index (χ0v) is 13.0. The summed E-state index contributed by atoms with van der Waals surface area (Å²) in [6.07, 6.45) is 0. The fourth-order valence-electron chi connectivity index (χ4n) is 2.25. The Labute approximate surface area is 129 Å². The lowest BCUT2D eigenvalue weighted by Crippen LogP contribution is -2.45. The number of allylic oxidation sites excluding steroid dienone is 1. The number of thiocarbonyl (C=S) groups is 1. The largest absolute Gasteiger partial charge is 0.494 e. The van der Waals surface area contributed by atoms with Crippen molar-refractivity contribution in [2.24, 2.45) is 0 Å². The lowest BCUT2D eigenvalue weighted by Gasteiger charge is -2.29. The Morgan fingerprint density at radius 2 is 2.00 bits per heavy atom. The maximum absolute atomic E-state index is 12.0. The normalized spacial score (nSPS) is 17.9. The van der Waals surface area contributed by atoms with E-state index < -0.39 is 0 Å². The number of hydrogen-bond donors (Lipinski definition) is 2. The van der Waals surface area contributed by atoms with Crippen LogP contribution in [-0.4, -0.2) is 24.8 Å². The van der Waals surface area contributed by atoms with Crippen LogP contribution < -0.4 is 15.4 Å². The highest BCUT2D eigenvalue weighted by molar-refractivity contribution is 7.80. The van der Waals surface area contributed by atoms with Gasteiger partial charge in [0.25, 0.3) is 0 Å². The second-order valence-corrected chi connectivity index (χ2v) is 4.97. The lowest BCUT2D eigenvalue weighted by molar-refractivity contribution is -0.136. The second-order valence-electron chi connectivity index (χ2n) is 4.56. The summed E-state index contributed by atoms with van der Waals surface area (Å²) in [4.78, 5) is 12.0. The first-order chi connectivity index (χ1) is 10.1. The zero-order valence-electron chi connectivity index (χ0n) is 12.2. The van der Waals surface area contributed by atoms with Gasteiger partial charge >= 0.3 is 5.97 Å². The molecule has 2 N–H and O–H groups in total. The highest BCUT2D eigenvalue weighted by Gasteiger charge is 2.30. The van der Waals surface area contributed by atoms with Crippen LogP contribution in [0.3, 0.4) is 0 Å². The van der Waals surface area contributed by atoms with Gasteiger partial charge in [0.2, 0.25) is 0 Å². The molecule has 0 aromatic heterocycles. The van der Waals surface area contributed by atoms with E-state index in [4.69, 9.17) is 21.7 Å². The third-order valence-corrected chi connectivity index (χ3v) is 3.42. The van der Waals surface area contributed by atoms with Gasteiger partial charge in [-0.2, -0.15) is 0 Å². The van der Waals surface area contributed by atoms with Crippen molar-refractivity contribution in [1.29, 1.82) is 0 Å². The molecule has 0 radical (unpaired) electrons. The average Bonchev–Trinajstić information content (AvgIpc) is 2.47. The smallest absolute Gasteiger partial charge is 0.337 e. The molecule has 0 fully saturated rings. The monoisotopic (exact) mass is 306 g/mol. The first-order valence-electron chi connectivity index (χ1n) is 6.66. The molecule has 0 bridgehead atoms. The zero-order chi connectivity index (χ0) is 15.4. The number of carbonyl (C=O) groups is 1. The molecule has 1 aromatic carbocycles. The van der Waals surface area contributed by atoms with Crippen molar-refractivity contribution in [3.8, 4) is 5.75 Å². The molecule has 1 aliphatic rings. The van der Waals surface area contributed by atoms with Crippen LogP contribution >= 0.6 is 12.2 Å². The maximum Gasteiger partial charge on any atom is 0.337 e. The van der Waals surface area contributed by atoms with E-state index in [1.807, 2.05) is 31.2 Å². The minimum Gasteiger partial charge on any atom is -0.494 e. The Balaban J connectivity index is 2.36. The van der Waals surface area contributed by atoms with Gasteiger partial charge in [-0.1, -0.05) is 12.1 Å². The molecule has 0 spiro atoms. The molecule has 1 heterocycles. The van der Waals surface area contributed by atoms with E-state index in [9.17, 15) is 4.79 Å². The summed E-state index contributed by atoms with van der Waals surface area (Å²) in [7, 11) is 1.37. The fourth-order valence-corrected chi connectivity index (χ4v) is 2.52. The molecule has 6 heteroatoms. The van der Waals surface area contributed by atoms with E-state index in [0.29, 0.717) is 23.0 Å². The summed E-state index contributed by atoms with van der Waals surface area (Å²) < 4.78 is 10.3. The lowest BCUT2D eigenvalue weighted by atomic mass is 9.95. The van der Waals surface area contributed by atoms with Crippen LogP contribution in [0.2, 0.25) is 0 Å². The SMILES string of the molecule is CCOc1ccc([C@H]2NC(=S)NC(C)=C2C(=O)OC)cc1. The predicted molar refractivity (Wildman–Crippen MR) is 83.9 cm³/mol. The summed E-state index contributed by atoms with van der Waals surface area (Å²) in [6, 6.07) is 7.23. The van der Waals surface area contributed by atoms with Crippen LogP contribution in [0, 0.1) is 0 Å². The molecule has 0 amide bonds. The van der Waals surface area contributed by atoms with E-state index >= 15 is 0 Å². The quantitative estimate of drug-likeness (QED) is 0.656. The summed E-state index contributed by atoms with van der Waals surface area (Å²) in [5, 5.41) is 6.54. The third kappa shape index (κ3) is 3.33. The average molecular weight is 306 g/mol. The van der Waals surface area contributed by atoms with Crippen molar-refractivity contribution < 1.29 is 14.3 Å². The van der Waals surface area contributed by atoms with Crippen LogP contribution in [0.4, 0.5) is 0 Å². The van der Waals surface area contributed by atoms with Crippen molar-refractivity contribution in [3.63, 3.8) is 0 Å². The third-order valence-electron chi connectivity index (χ3n) is 3.20. The number of ether oxygens (including phenoxy) is 2. The van der Waals surface area contributed by atoms with Crippen molar-refractivity contribution in [2.45, 2.75) is 19.9 Å². The van der Waals surface area contributed by atoms with Gasteiger partial charge in [-0.15, -0.1) is 0 Å². The maximum atomic E-state index is 12.0. The number of nitrogens with one attached hydrogen (secondary N) is 2. The summed E-state index contributed by atoms with van der Waals surface area (Å²) in [5.74, 6) is 0.409. The van der Waals surface area contributed by atoms with Crippen molar-refractivity contribution in [1.82, 2.24) is 10.6 Å². The molecule has 0 unspecified atom stereocenters. The van der Waals surface area contributed by atoms with Crippen LogP contribution in [0.25, 0.3) is 0 Å². The van der Waals surface area contributed by atoms with Gasteiger partial charge in [0, 0.05) is 5.70 Å². The Bertz CT molecular complexity index is 581. The van der Waals surface area contributed by atoms with Crippen LogP contribution in [0.5, 0.6) is 5.75 Å². The Morgan fingerprint density at radius 3 is 2.57 bits per heavy atom. The topological polar surface area (TPSA) is 59.6 Å². The van der Waals surface area contributed by atoms with E-state index in [-0.39, 0.29) is 12.0 Å².